The number of benzene rings is 2. The number of hydrogen-bond acceptors (Lipinski definition) is 2. The highest BCUT2D eigenvalue weighted by atomic mass is 16.7. The van der Waals surface area contributed by atoms with Crippen LogP contribution in [0.25, 0.3) is 22.4 Å². The summed E-state index contributed by atoms with van der Waals surface area (Å²) in [6.07, 6.45) is 0. The second-order valence-corrected chi connectivity index (χ2v) is 4.91. The summed E-state index contributed by atoms with van der Waals surface area (Å²) in [5.74, 6) is 0. The van der Waals surface area contributed by atoms with Crippen molar-refractivity contribution in [3.05, 3.63) is 83.2 Å². The SMILES string of the molecule is CCOn1c(-c2ccccc2)cc(-c2ccccc2)cc1=O. The maximum Gasteiger partial charge on any atom is 0.284 e. The molecule has 2 aromatic carbocycles. The van der Waals surface area contributed by atoms with Crippen LogP contribution >= 0.6 is 0 Å². The molecule has 0 saturated heterocycles. The van der Waals surface area contributed by atoms with Crippen LogP contribution < -0.4 is 10.4 Å². The van der Waals surface area contributed by atoms with Crippen LogP contribution in [0.3, 0.4) is 0 Å². The fraction of sp³-hybridized carbons (Fsp3) is 0.105. The topological polar surface area (TPSA) is 31.2 Å². The molecular formula is C19H17NO2. The van der Waals surface area contributed by atoms with Gasteiger partial charge in [0.1, 0.15) is 6.61 Å². The Kier molecular flexibility index (Phi) is 4.05. The second-order valence-electron chi connectivity index (χ2n) is 4.91. The number of aromatic nitrogens is 1. The Labute approximate surface area is 129 Å². The van der Waals surface area contributed by atoms with Crippen LogP contribution in [0, 0.1) is 0 Å². The van der Waals surface area contributed by atoms with Crippen molar-refractivity contribution in [2.24, 2.45) is 0 Å². The van der Waals surface area contributed by atoms with Crippen molar-refractivity contribution in [1.82, 2.24) is 4.73 Å². The zero-order valence-electron chi connectivity index (χ0n) is 12.4. The second kappa shape index (κ2) is 6.31. The summed E-state index contributed by atoms with van der Waals surface area (Å²) in [5, 5.41) is 0. The first-order valence-electron chi connectivity index (χ1n) is 7.31. The highest BCUT2D eigenvalue weighted by Gasteiger charge is 2.10. The molecule has 0 saturated carbocycles. The lowest BCUT2D eigenvalue weighted by molar-refractivity contribution is 0.117. The molecule has 1 aromatic heterocycles. The van der Waals surface area contributed by atoms with Crippen LogP contribution in [0.2, 0.25) is 0 Å². The molecule has 3 nitrogen and oxygen atoms in total. The van der Waals surface area contributed by atoms with Gasteiger partial charge in [-0.05, 0) is 24.1 Å². The summed E-state index contributed by atoms with van der Waals surface area (Å²) in [5.41, 5.74) is 3.45. The quantitative estimate of drug-likeness (QED) is 0.735. The summed E-state index contributed by atoms with van der Waals surface area (Å²) in [6.45, 7) is 2.30. The monoisotopic (exact) mass is 291 g/mol. The minimum Gasteiger partial charge on any atom is -0.411 e. The number of pyridine rings is 1. The number of hydrogen-bond donors (Lipinski definition) is 0. The lowest BCUT2D eigenvalue weighted by atomic mass is 10.0. The normalized spacial score (nSPS) is 10.4. The highest BCUT2D eigenvalue weighted by Crippen LogP contribution is 2.24. The molecule has 110 valence electrons. The van der Waals surface area contributed by atoms with Gasteiger partial charge in [0.2, 0.25) is 0 Å². The summed E-state index contributed by atoms with van der Waals surface area (Å²) in [7, 11) is 0. The van der Waals surface area contributed by atoms with Crippen molar-refractivity contribution in [3.8, 4) is 22.4 Å². The molecule has 0 radical (unpaired) electrons. The third-order valence-electron chi connectivity index (χ3n) is 3.43. The fourth-order valence-electron chi connectivity index (χ4n) is 2.43. The molecule has 1 heterocycles. The average Bonchev–Trinajstić information content (AvgIpc) is 2.58. The average molecular weight is 291 g/mol. The van der Waals surface area contributed by atoms with E-state index in [-0.39, 0.29) is 5.56 Å². The van der Waals surface area contributed by atoms with Crippen LogP contribution in [0.5, 0.6) is 0 Å². The van der Waals surface area contributed by atoms with Crippen LogP contribution in [-0.4, -0.2) is 11.3 Å². The molecule has 0 spiro atoms. The first kappa shape index (κ1) is 14.1. The van der Waals surface area contributed by atoms with Crippen molar-refractivity contribution < 1.29 is 4.84 Å². The van der Waals surface area contributed by atoms with Gasteiger partial charge in [0.05, 0.1) is 5.69 Å². The fourth-order valence-corrected chi connectivity index (χ4v) is 2.43. The standard InChI is InChI=1S/C19H17NO2/c1-2-22-20-18(16-11-7-4-8-12-16)13-17(14-19(20)21)15-9-5-3-6-10-15/h3-14H,2H2,1H3. The van der Waals surface area contributed by atoms with Crippen LogP contribution in [0.15, 0.2) is 77.6 Å². The summed E-state index contributed by atoms with van der Waals surface area (Å²) >= 11 is 0. The molecule has 0 aliphatic carbocycles. The molecular weight excluding hydrogens is 274 g/mol. The Balaban J connectivity index is 2.21. The van der Waals surface area contributed by atoms with E-state index in [1.54, 1.807) is 6.07 Å². The molecule has 0 N–H and O–H groups in total. The van der Waals surface area contributed by atoms with Crippen LogP contribution in [-0.2, 0) is 0 Å². The maximum atomic E-state index is 12.4. The van der Waals surface area contributed by atoms with E-state index < -0.39 is 0 Å². The zero-order chi connectivity index (χ0) is 15.4. The van der Waals surface area contributed by atoms with Gasteiger partial charge in [-0.1, -0.05) is 60.7 Å². The number of rotatable bonds is 4. The Bertz CT molecular complexity index is 808. The van der Waals surface area contributed by atoms with E-state index in [2.05, 4.69) is 0 Å². The first-order chi connectivity index (χ1) is 10.8. The molecule has 22 heavy (non-hydrogen) atoms. The largest absolute Gasteiger partial charge is 0.411 e. The van der Waals surface area contributed by atoms with E-state index in [0.29, 0.717) is 6.61 Å². The molecule has 0 aliphatic rings. The van der Waals surface area contributed by atoms with Gasteiger partial charge in [0, 0.05) is 11.6 Å². The van der Waals surface area contributed by atoms with Gasteiger partial charge in [0.15, 0.2) is 0 Å². The molecule has 0 atom stereocenters. The summed E-state index contributed by atoms with van der Waals surface area (Å²) in [6, 6.07) is 23.3. The third kappa shape index (κ3) is 2.79. The Morgan fingerprint density at radius 2 is 1.41 bits per heavy atom. The summed E-state index contributed by atoms with van der Waals surface area (Å²) < 4.78 is 1.36. The van der Waals surface area contributed by atoms with Gasteiger partial charge in [-0.3, -0.25) is 4.79 Å². The zero-order valence-corrected chi connectivity index (χ0v) is 12.4. The predicted molar refractivity (Wildman–Crippen MR) is 88.7 cm³/mol. The van der Waals surface area contributed by atoms with Crippen molar-refractivity contribution >= 4 is 0 Å². The van der Waals surface area contributed by atoms with Gasteiger partial charge >= 0.3 is 0 Å². The van der Waals surface area contributed by atoms with E-state index in [9.17, 15) is 4.79 Å². The van der Waals surface area contributed by atoms with Gasteiger partial charge in [-0.25, -0.2) is 0 Å². The molecule has 0 unspecified atom stereocenters. The highest BCUT2D eigenvalue weighted by molar-refractivity contribution is 5.70. The Morgan fingerprint density at radius 3 is 2.00 bits per heavy atom. The smallest absolute Gasteiger partial charge is 0.284 e. The number of nitrogens with zero attached hydrogens (tertiary/aromatic N) is 1. The molecule has 3 aromatic rings. The lowest BCUT2D eigenvalue weighted by Crippen LogP contribution is -2.27. The third-order valence-corrected chi connectivity index (χ3v) is 3.43. The molecule has 0 bridgehead atoms. The van der Waals surface area contributed by atoms with E-state index in [1.807, 2.05) is 73.7 Å². The van der Waals surface area contributed by atoms with Crippen LogP contribution in [0.1, 0.15) is 6.92 Å². The van der Waals surface area contributed by atoms with Gasteiger partial charge in [0.25, 0.3) is 5.56 Å². The Morgan fingerprint density at radius 1 is 0.818 bits per heavy atom. The van der Waals surface area contributed by atoms with E-state index in [4.69, 9.17) is 4.84 Å². The Hall–Kier alpha value is -2.81. The van der Waals surface area contributed by atoms with E-state index in [0.717, 1.165) is 22.4 Å². The molecule has 3 heteroatoms. The van der Waals surface area contributed by atoms with Gasteiger partial charge < -0.3 is 4.84 Å². The van der Waals surface area contributed by atoms with Crippen molar-refractivity contribution in [3.63, 3.8) is 0 Å². The molecule has 0 fully saturated rings. The lowest BCUT2D eigenvalue weighted by Gasteiger charge is -2.14. The predicted octanol–water partition coefficient (Wildman–Crippen LogP) is 3.63. The molecule has 0 aliphatic heterocycles. The van der Waals surface area contributed by atoms with Crippen molar-refractivity contribution in [2.75, 3.05) is 6.61 Å². The summed E-state index contributed by atoms with van der Waals surface area (Å²) in [4.78, 5) is 18.0. The van der Waals surface area contributed by atoms with E-state index in [1.165, 1.54) is 4.73 Å². The van der Waals surface area contributed by atoms with Crippen LogP contribution in [0.4, 0.5) is 0 Å². The van der Waals surface area contributed by atoms with E-state index >= 15 is 0 Å². The maximum absolute atomic E-state index is 12.4. The molecule has 3 rings (SSSR count). The van der Waals surface area contributed by atoms with Crippen molar-refractivity contribution in [2.45, 2.75) is 6.92 Å². The van der Waals surface area contributed by atoms with Gasteiger partial charge in [-0.2, -0.15) is 0 Å². The minimum atomic E-state index is -0.165. The van der Waals surface area contributed by atoms with Gasteiger partial charge in [-0.15, -0.1) is 4.73 Å². The minimum absolute atomic E-state index is 0.165. The van der Waals surface area contributed by atoms with Crippen molar-refractivity contribution in [1.29, 1.82) is 0 Å². The first-order valence-corrected chi connectivity index (χ1v) is 7.31. The molecule has 0 amide bonds.